The predicted octanol–water partition coefficient (Wildman–Crippen LogP) is 3.77. The highest BCUT2D eigenvalue weighted by atomic mass is 32.2. The Labute approximate surface area is 146 Å². The second-order valence-electron chi connectivity index (χ2n) is 5.89. The molecule has 2 atom stereocenters. The fourth-order valence-corrected chi connectivity index (χ4v) is 3.40. The highest BCUT2D eigenvalue weighted by Gasteiger charge is 2.20. The number of nitrogens with one attached hydrogen (secondary N) is 2. The Morgan fingerprint density at radius 1 is 1.21 bits per heavy atom. The van der Waals surface area contributed by atoms with Gasteiger partial charge in [0.25, 0.3) is 0 Å². The molecule has 0 aliphatic heterocycles. The van der Waals surface area contributed by atoms with Crippen LogP contribution in [0, 0.1) is 5.92 Å². The lowest BCUT2D eigenvalue weighted by atomic mass is 9.97. The van der Waals surface area contributed by atoms with Gasteiger partial charge in [-0.3, -0.25) is 4.79 Å². The van der Waals surface area contributed by atoms with Crippen LogP contribution in [0.3, 0.4) is 0 Å². The van der Waals surface area contributed by atoms with Crippen LogP contribution in [0.5, 0.6) is 0 Å². The molecular weight excluding hydrogens is 318 g/mol. The van der Waals surface area contributed by atoms with Crippen molar-refractivity contribution in [3.05, 3.63) is 66.0 Å². The lowest BCUT2D eigenvalue weighted by Crippen LogP contribution is -2.34. The van der Waals surface area contributed by atoms with Gasteiger partial charge < -0.3 is 10.3 Å². The molecule has 2 N–H and O–H groups in total. The van der Waals surface area contributed by atoms with Gasteiger partial charge in [-0.1, -0.05) is 43.3 Å². The third-order valence-electron chi connectivity index (χ3n) is 4.06. The van der Waals surface area contributed by atoms with Crippen molar-refractivity contribution in [1.82, 2.24) is 15.3 Å². The number of aromatic nitrogens is 2. The molecule has 0 aliphatic rings. The van der Waals surface area contributed by atoms with Crippen molar-refractivity contribution in [1.29, 1.82) is 0 Å². The monoisotopic (exact) mass is 339 g/mol. The minimum absolute atomic E-state index is 0.0258. The summed E-state index contributed by atoms with van der Waals surface area (Å²) < 4.78 is 0. The topological polar surface area (TPSA) is 57.8 Å². The molecule has 0 fully saturated rings. The summed E-state index contributed by atoms with van der Waals surface area (Å²) in [7, 11) is 0. The Morgan fingerprint density at radius 2 is 2.00 bits per heavy atom. The number of hydrogen-bond donors (Lipinski definition) is 2. The maximum atomic E-state index is 12.6. The highest BCUT2D eigenvalue weighted by Crippen LogP contribution is 2.25. The third-order valence-corrected chi connectivity index (χ3v) is 4.89. The number of thioether (sulfide) groups is 1. The molecule has 1 heterocycles. The van der Waals surface area contributed by atoms with Gasteiger partial charge in [0.1, 0.15) is 0 Å². The molecule has 3 rings (SSSR count). The van der Waals surface area contributed by atoms with Crippen molar-refractivity contribution in [2.24, 2.45) is 5.92 Å². The number of carbonyl (C=O) groups is 1. The van der Waals surface area contributed by atoms with Crippen molar-refractivity contribution in [3.8, 4) is 0 Å². The van der Waals surface area contributed by atoms with E-state index in [1.165, 1.54) is 0 Å². The molecule has 1 aromatic heterocycles. The van der Waals surface area contributed by atoms with Crippen molar-refractivity contribution in [3.63, 3.8) is 0 Å². The van der Waals surface area contributed by atoms with Gasteiger partial charge >= 0.3 is 0 Å². The molecule has 5 heteroatoms. The zero-order valence-corrected chi connectivity index (χ0v) is 14.6. The number of H-pyrrole nitrogens is 1. The van der Waals surface area contributed by atoms with Crippen molar-refractivity contribution in [2.75, 3.05) is 12.0 Å². The van der Waals surface area contributed by atoms with Crippen LogP contribution in [0.2, 0.25) is 0 Å². The third kappa shape index (κ3) is 3.62. The van der Waals surface area contributed by atoms with Gasteiger partial charge in [-0.2, -0.15) is 11.8 Å². The molecule has 0 saturated heterocycles. The first-order valence-electron chi connectivity index (χ1n) is 7.96. The summed E-state index contributed by atoms with van der Waals surface area (Å²) in [6.45, 7) is 1.96. The van der Waals surface area contributed by atoms with Gasteiger partial charge in [-0.25, -0.2) is 4.98 Å². The lowest BCUT2D eigenvalue weighted by Gasteiger charge is -2.22. The Bertz CT molecular complexity index is 816. The fraction of sp³-hybridized carbons (Fsp3) is 0.263. The van der Waals surface area contributed by atoms with Crippen LogP contribution in [0.1, 0.15) is 24.1 Å². The summed E-state index contributed by atoms with van der Waals surface area (Å²) in [6, 6.07) is 16.0. The molecule has 0 spiro atoms. The van der Waals surface area contributed by atoms with Gasteiger partial charge in [0.15, 0.2) is 0 Å². The zero-order chi connectivity index (χ0) is 16.9. The molecule has 1 amide bonds. The van der Waals surface area contributed by atoms with E-state index in [0.29, 0.717) is 0 Å². The number of hydrogen-bond acceptors (Lipinski definition) is 3. The molecule has 0 radical (unpaired) electrons. The van der Waals surface area contributed by atoms with Crippen molar-refractivity contribution >= 4 is 28.7 Å². The predicted molar refractivity (Wildman–Crippen MR) is 100 cm³/mol. The van der Waals surface area contributed by atoms with E-state index in [0.717, 1.165) is 27.9 Å². The van der Waals surface area contributed by atoms with Gasteiger partial charge in [0.2, 0.25) is 5.91 Å². The molecule has 4 nitrogen and oxygen atoms in total. The largest absolute Gasteiger partial charge is 0.345 e. The Morgan fingerprint density at radius 3 is 2.75 bits per heavy atom. The summed E-state index contributed by atoms with van der Waals surface area (Å²) in [6.07, 6.45) is 3.70. The summed E-state index contributed by atoms with van der Waals surface area (Å²) in [4.78, 5) is 20.0. The summed E-state index contributed by atoms with van der Waals surface area (Å²) >= 11 is 1.69. The van der Waals surface area contributed by atoms with E-state index < -0.39 is 0 Å². The number of benzene rings is 2. The normalized spacial score (nSPS) is 13.6. The molecule has 0 aliphatic carbocycles. The summed E-state index contributed by atoms with van der Waals surface area (Å²) in [5.41, 5.74) is 4.01. The number of carbonyl (C=O) groups excluding carboxylic acids is 1. The standard InChI is InChI=1S/C19H21N3OS/c1-13(11-24-2)19(23)22-18(14-6-4-3-5-7-14)15-8-9-16-17(10-15)21-12-20-16/h3-10,12-13,18H,11H2,1-2H3,(H,20,21)(H,22,23). The number of amides is 1. The highest BCUT2D eigenvalue weighted by molar-refractivity contribution is 7.98. The van der Waals surface area contributed by atoms with Gasteiger partial charge in [-0.15, -0.1) is 0 Å². The average molecular weight is 339 g/mol. The Hall–Kier alpha value is -2.27. The minimum atomic E-state index is -0.171. The average Bonchev–Trinajstić information content (AvgIpc) is 3.08. The van der Waals surface area contributed by atoms with E-state index in [4.69, 9.17) is 0 Å². The van der Waals surface area contributed by atoms with Crippen LogP contribution in [-0.4, -0.2) is 27.9 Å². The number of rotatable bonds is 6. The molecular formula is C19H21N3OS. The molecule has 2 aromatic carbocycles. The van der Waals surface area contributed by atoms with Crippen LogP contribution < -0.4 is 5.32 Å². The molecule has 3 aromatic rings. The smallest absolute Gasteiger partial charge is 0.224 e. The number of imidazole rings is 1. The maximum Gasteiger partial charge on any atom is 0.224 e. The van der Waals surface area contributed by atoms with E-state index in [2.05, 4.69) is 21.4 Å². The summed E-state index contributed by atoms with van der Waals surface area (Å²) in [5, 5.41) is 3.20. The molecule has 0 saturated carbocycles. The van der Waals surface area contributed by atoms with Gasteiger partial charge in [-0.05, 0) is 29.5 Å². The Kier molecular flexibility index (Phi) is 5.20. The van der Waals surface area contributed by atoms with Crippen LogP contribution in [0.25, 0.3) is 11.0 Å². The van der Waals surface area contributed by atoms with E-state index in [9.17, 15) is 4.79 Å². The van der Waals surface area contributed by atoms with E-state index >= 15 is 0 Å². The van der Waals surface area contributed by atoms with Crippen molar-refractivity contribution < 1.29 is 4.79 Å². The van der Waals surface area contributed by atoms with E-state index in [-0.39, 0.29) is 17.9 Å². The quantitative estimate of drug-likeness (QED) is 0.719. The van der Waals surface area contributed by atoms with Crippen LogP contribution >= 0.6 is 11.8 Å². The summed E-state index contributed by atoms with van der Waals surface area (Å²) in [5.74, 6) is 0.859. The van der Waals surface area contributed by atoms with Crippen molar-refractivity contribution in [2.45, 2.75) is 13.0 Å². The molecule has 0 bridgehead atoms. The second-order valence-corrected chi connectivity index (χ2v) is 6.80. The first kappa shape index (κ1) is 16.6. The number of fused-ring (bicyclic) bond motifs is 1. The van der Waals surface area contributed by atoms with Crippen LogP contribution in [0.4, 0.5) is 0 Å². The van der Waals surface area contributed by atoms with E-state index in [1.54, 1.807) is 18.1 Å². The number of aromatic amines is 1. The first-order valence-corrected chi connectivity index (χ1v) is 9.35. The number of nitrogens with zero attached hydrogens (tertiary/aromatic N) is 1. The van der Waals surface area contributed by atoms with Gasteiger partial charge in [0, 0.05) is 11.7 Å². The zero-order valence-electron chi connectivity index (χ0n) is 13.8. The Balaban J connectivity index is 1.94. The maximum absolute atomic E-state index is 12.6. The second kappa shape index (κ2) is 7.53. The SMILES string of the molecule is CSCC(C)C(=O)NC(c1ccccc1)c1ccc2nc[nH]c2c1. The first-order chi connectivity index (χ1) is 11.7. The lowest BCUT2D eigenvalue weighted by molar-refractivity contribution is -0.124. The fourth-order valence-electron chi connectivity index (χ4n) is 2.75. The molecule has 124 valence electrons. The molecule has 24 heavy (non-hydrogen) atoms. The van der Waals surface area contributed by atoms with Crippen LogP contribution in [0.15, 0.2) is 54.9 Å². The minimum Gasteiger partial charge on any atom is -0.345 e. The van der Waals surface area contributed by atoms with Crippen LogP contribution in [-0.2, 0) is 4.79 Å². The molecule has 2 unspecified atom stereocenters. The van der Waals surface area contributed by atoms with E-state index in [1.807, 2.05) is 55.6 Å². The van der Waals surface area contributed by atoms with Gasteiger partial charge in [0.05, 0.1) is 23.4 Å².